The van der Waals surface area contributed by atoms with Gasteiger partial charge in [0.1, 0.15) is 17.1 Å². The average molecular weight is 439 g/mol. The highest BCUT2D eigenvalue weighted by molar-refractivity contribution is 8.00. The van der Waals surface area contributed by atoms with Crippen LogP contribution >= 0.6 is 11.8 Å². The quantitative estimate of drug-likeness (QED) is 0.546. The van der Waals surface area contributed by atoms with E-state index in [1.54, 1.807) is 0 Å². The minimum atomic E-state index is -0.675. The first-order chi connectivity index (χ1) is 15.0. The van der Waals surface area contributed by atoms with Gasteiger partial charge in [-0.3, -0.25) is 14.5 Å². The van der Waals surface area contributed by atoms with Crippen LogP contribution in [0.1, 0.15) is 23.7 Å². The van der Waals surface area contributed by atoms with E-state index in [1.807, 2.05) is 60.7 Å². The molecule has 2 atom stereocenters. The first kappa shape index (κ1) is 21.1. The van der Waals surface area contributed by atoms with Crippen molar-refractivity contribution < 1.29 is 23.9 Å². The van der Waals surface area contributed by atoms with E-state index in [2.05, 4.69) is 0 Å². The number of fused-ring (bicyclic) bond motifs is 1. The van der Waals surface area contributed by atoms with E-state index in [9.17, 15) is 14.4 Å². The van der Waals surface area contributed by atoms with Crippen molar-refractivity contribution in [1.82, 2.24) is 4.90 Å². The maximum Gasteiger partial charge on any atom is 0.356 e. The van der Waals surface area contributed by atoms with Gasteiger partial charge in [0.05, 0.1) is 13.5 Å². The van der Waals surface area contributed by atoms with Crippen molar-refractivity contribution in [2.45, 2.75) is 23.9 Å². The fourth-order valence-electron chi connectivity index (χ4n) is 3.70. The molecule has 7 nitrogen and oxygen atoms in total. The van der Waals surface area contributed by atoms with Gasteiger partial charge in [-0.2, -0.15) is 0 Å². The van der Waals surface area contributed by atoms with E-state index in [1.165, 1.54) is 23.8 Å². The fourth-order valence-corrected chi connectivity index (χ4v) is 4.99. The molecule has 1 saturated heterocycles. The van der Waals surface area contributed by atoms with Crippen molar-refractivity contribution in [3.63, 3.8) is 0 Å². The molecule has 0 aliphatic carbocycles. The smallest absolute Gasteiger partial charge is 0.356 e. The molecule has 2 aromatic rings. The molecule has 0 bridgehead atoms. The zero-order chi connectivity index (χ0) is 22.0. The van der Waals surface area contributed by atoms with Crippen LogP contribution in [0.15, 0.2) is 71.9 Å². The van der Waals surface area contributed by atoms with Crippen LogP contribution in [0.2, 0.25) is 0 Å². The molecule has 4 rings (SSSR count). The molecule has 0 saturated carbocycles. The third-order valence-corrected chi connectivity index (χ3v) is 6.66. The molecule has 0 radical (unpaired) electrons. The van der Waals surface area contributed by atoms with Crippen LogP contribution in [0.25, 0.3) is 0 Å². The van der Waals surface area contributed by atoms with Crippen molar-refractivity contribution in [3.05, 3.63) is 83.1 Å². The lowest BCUT2D eigenvalue weighted by atomic mass is 10.0. The molecule has 0 aromatic heterocycles. The number of benzene rings is 2. The molecule has 2 aliphatic rings. The number of carbonyl (C=O) groups is 3. The number of nitrogens with two attached hydrogens (primary N) is 1. The third-order valence-electron chi connectivity index (χ3n) is 5.30. The molecule has 1 fully saturated rings. The van der Waals surface area contributed by atoms with Gasteiger partial charge in [-0.05, 0) is 16.7 Å². The van der Waals surface area contributed by atoms with Crippen LogP contribution in [0.5, 0.6) is 0 Å². The molecule has 2 aromatic carbocycles. The van der Waals surface area contributed by atoms with E-state index in [-0.39, 0.29) is 23.4 Å². The second-order valence-electron chi connectivity index (χ2n) is 7.25. The maximum atomic E-state index is 13.4. The topological polar surface area (TPSA) is 98.9 Å². The van der Waals surface area contributed by atoms with Gasteiger partial charge in [0.2, 0.25) is 5.91 Å². The molecule has 160 valence electrons. The number of hydrogen-bond donors (Lipinski definition) is 1. The number of esters is 2. The van der Waals surface area contributed by atoms with Crippen molar-refractivity contribution in [3.8, 4) is 0 Å². The highest BCUT2D eigenvalue weighted by atomic mass is 32.2. The molecule has 0 unspecified atom stereocenters. The lowest BCUT2D eigenvalue weighted by Gasteiger charge is -2.48. The van der Waals surface area contributed by atoms with E-state index < -0.39 is 24.1 Å². The lowest BCUT2D eigenvalue weighted by molar-refractivity contribution is -0.153. The van der Waals surface area contributed by atoms with Gasteiger partial charge in [-0.15, -0.1) is 11.8 Å². The minimum absolute atomic E-state index is 0.0951. The van der Waals surface area contributed by atoms with Gasteiger partial charge in [0.25, 0.3) is 0 Å². The minimum Gasteiger partial charge on any atom is -0.469 e. The van der Waals surface area contributed by atoms with Gasteiger partial charge < -0.3 is 15.2 Å². The molecule has 8 heteroatoms. The zero-order valence-electron chi connectivity index (χ0n) is 16.9. The molecule has 31 heavy (non-hydrogen) atoms. The highest BCUT2D eigenvalue weighted by Gasteiger charge is 2.52. The Morgan fingerprint density at radius 3 is 2.23 bits per heavy atom. The van der Waals surface area contributed by atoms with Gasteiger partial charge >= 0.3 is 11.9 Å². The van der Waals surface area contributed by atoms with Gasteiger partial charge in [0.15, 0.2) is 6.10 Å². The van der Waals surface area contributed by atoms with E-state index in [0.717, 1.165) is 11.1 Å². The Labute approximate surface area is 184 Å². The molecular weight excluding hydrogens is 416 g/mol. The summed E-state index contributed by atoms with van der Waals surface area (Å²) in [4.78, 5) is 39.1. The number of rotatable bonds is 6. The number of methoxy groups -OCH3 is 1. The van der Waals surface area contributed by atoms with Crippen LogP contribution < -0.4 is 5.73 Å². The Bertz CT molecular complexity index is 985. The molecule has 0 spiro atoms. The number of amides is 1. The summed E-state index contributed by atoms with van der Waals surface area (Å²) in [5, 5.41) is -0.344. The summed E-state index contributed by atoms with van der Waals surface area (Å²) < 4.78 is 10.7. The number of hydrogen-bond acceptors (Lipinski definition) is 7. The van der Waals surface area contributed by atoms with E-state index in [0.29, 0.717) is 11.3 Å². The summed E-state index contributed by atoms with van der Waals surface area (Å²) in [7, 11) is 1.28. The Morgan fingerprint density at radius 2 is 1.68 bits per heavy atom. The van der Waals surface area contributed by atoms with Crippen molar-refractivity contribution in [2.24, 2.45) is 5.73 Å². The summed E-state index contributed by atoms with van der Waals surface area (Å²) in [6.07, 6.45) is -0.763. The summed E-state index contributed by atoms with van der Waals surface area (Å²) in [6, 6.07) is 18.1. The van der Waals surface area contributed by atoms with Crippen molar-refractivity contribution in [1.29, 1.82) is 0 Å². The van der Waals surface area contributed by atoms with Crippen LogP contribution in [0.3, 0.4) is 0 Å². The molecule has 2 N–H and O–H groups in total. The summed E-state index contributed by atoms with van der Waals surface area (Å²) >= 11 is 1.42. The normalized spacial score (nSPS) is 20.2. The van der Waals surface area contributed by atoms with Gasteiger partial charge in [-0.25, -0.2) is 4.79 Å². The predicted octanol–water partition coefficient (Wildman–Crippen LogP) is 2.38. The predicted molar refractivity (Wildman–Crippen MR) is 116 cm³/mol. The number of thioether (sulfide) groups is 1. The first-order valence-electron chi connectivity index (χ1n) is 9.81. The van der Waals surface area contributed by atoms with Crippen LogP contribution in [0.4, 0.5) is 0 Å². The number of nitrogens with zero attached hydrogens (tertiary/aromatic N) is 1. The van der Waals surface area contributed by atoms with Crippen LogP contribution in [-0.4, -0.2) is 47.0 Å². The molecular formula is C23H22N2O5S. The second kappa shape index (κ2) is 8.95. The molecule has 1 amide bonds. The Morgan fingerprint density at radius 1 is 1.10 bits per heavy atom. The van der Waals surface area contributed by atoms with E-state index in [4.69, 9.17) is 15.2 Å². The fraction of sp³-hybridized carbons (Fsp3) is 0.261. The molecule has 2 aliphatic heterocycles. The average Bonchev–Trinajstić information content (AvgIpc) is 2.82. The third kappa shape index (κ3) is 4.08. The summed E-state index contributed by atoms with van der Waals surface area (Å²) in [6.45, 7) is 0. The van der Waals surface area contributed by atoms with Gasteiger partial charge in [-0.1, -0.05) is 60.7 Å². The second-order valence-corrected chi connectivity index (χ2v) is 8.35. The monoisotopic (exact) mass is 438 g/mol. The first-order valence-corrected chi connectivity index (χ1v) is 10.9. The van der Waals surface area contributed by atoms with Crippen LogP contribution in [0, 0.1) is 0 Å². The standard InChI is InChI=1S/C23H22N2O5S/c1-29-17(26)12-16-13-31-22-18(24)21(27)25(22)19(16)23(28)30-20(14-8-4-2-5-9-14)15-10-6-3-7-11-15/h2-11,18,20,22H,12-13,24H2,1H3/t18-,22+/m1/s1. The number of carbonyl (C=O) groups excluding carboxylic acids is 3. The van der Waals surface area contributed by atoms with E-state index >= 15 is 0 Å². The Balaban J connectivity index is 1.70. The highest BCUT2D eigenvalue weighted by Crippen LogP contribution is 2.41. The van der Waals surface area contributed by atoms with Gasteiger partial charge in [0, 0.05) is 5.75 Å². The van der Waals surface area contributed by atoms with Crippen LogP contribution in [-0.2, 0) is 23.9 Å². The molecule has 2 heterocycles. The number of β-lactam (4-membered cyclic amide) rings is 1. The summed E-state index contributed by atoms with van der Waals surface area (Å²) in [5.74, 6) is -1.12. The van der Waals surface area contributed by atoms with Crippen molar-refractivity contribution >= 4 is 29.6 Å². The SMILES string of the molecule is COC(=O)CC1=C(C(=O)OC(c2ccccc2)c2ccccc2)N2C(=O)[C@@H](N)[C@@H]2SC1. The largest absolute Gasteiger partial charge is 0.469 e. The Hall–Kier alpha value is -3.10. The lowest BCUT2D eigenvalue weighted by Crippen LogP contribution is -2.68. The van der Waals surface area contributed by atoms with Crippen molar-refractivity contribution in [2.75, 3.05) is 12.9 Å². The number of ether oxygens (including phenoxy) is 2. The zero-order valence-corrected chi connectivity index (χ0v) is 17.7. The summed E-state index contributed by atoms with van der Waals surface area (Å²) in [5.41, 5.74) is 8.10. The Kier molecular flexibility index (Phi) is 6.11. The maximum absolute atomic E-state index is 13.4.